The molecule has 0 heterocycles. The van der Waals surface area contributed by atoms with Crippen molar-refractivity contribution in [3.63, 3.8) is 0 Å². The van der Waals surface area contributed by atoms with Gasteiger partial charge in [0.2, 0.25) is 0 Å². The molecule has 1 saturated carbocycles. The van der Waals surface area contributed by atoms with E-state index in [9.17, 15) is 9.59 Å². The van der Waals surface area contributed by atoms with Crippen LogP contribution in [0.2, 0.25) is 0 Å². The van der Waals surface area contributed by atoms with Gasteiger partial charge in [0, 0.05) is 0 Å². The lowest BCUT2D eigenvalue weighted by Gasteiger charge is -2.25. The first kappa shape index (κ1) is 18.5. The Balaban J connectivity index is 2.90. The second-order valence-electron chi connectivity index (χ2n) is 6.74. The Morgan fingerprint density at radius 3 is 2.23 bits per heavy atom. The van der Waals surface area contributed by atoms with Crippen LogP contribution < -0.4 is 0 Å². The molecule has 5 heteroatoms. The molecule has 0 bridgehead atoms. The molecular formula is C17H28O5. The van der Waals surface area contributed by atoms with E-state index in [0.717, 1.165) is 25.7 Å². The first-order valence-electron chi connectivity index (χ1n) is 7.92. The lowest BCUT2D eigenvalue weighted by atomic mass is 9.87. The van der Waals surface area contributed by atoms with Gasteiger partial charge in [-0.25, -0.2) is 9.59 Å². The van der Waals surface area contributed by atoms with Gasteiger partial charge in [0.1, 0.15) is 11.7 Å². The average Bonchev–Trinajstić information content (AvgIpc) is 2.43. The van der Waals surface area contributed by atoms with E-state index in [1.54, 1.807) is 6.92 Å². The lowest BCUT2D eigenvalue weighted by Crippen LogP contribution is -2.30. The number of hydrogen-bond donors (Lipinski definition) is 0. The van der Waals surface area contributed by atoms with Gasteiger partial charge >= 0.3 is 12.1 Å². The normalized spacial score (nSPS) is 18.5. The summed E-state index contributed by atoms with van der Waals surface area (Å²) in [5, 5.41) is 0. The molecule has 1 fully saturated rings. The van der Waals surface area contributed by atoms with Gasteiger partial charge in [0.05, 0.1) is 12.7 Å². The number of esters is 1. The number of hydrogen-bond acceptors (Lipinski definition) is 5. The Morgan fingerprint density at radius 2 is 1.73 bits per heavy atom. The summed E-state index contributed by atoms with van der Waals surface area (Å²) in [7, 11) is 1.24. The first-order valence-corrected chi connectivity index (χ1v) is 7.92. The summed E-state index contributed by atoms with van der Waals surface area (Å²) >= 11 is 0. The molecule has 0 aromatic heterocycles. The Kier molecular flexibility index (Phi) is 6.91. The molecule has 1 aliphatic carbocycles. The third kappa shape index (κ3) is 6.50. The Labute approximate surface area is 133 Å². The largest absolute Gasteiger partial charge is 0.508 e. The van der Waals surface area contributed by atoms with Crippen LogP contribution in [0.4, 0.5) is 4.79 Å². The zero-order valence-electron chi connectivity index (χ0n) is 14.3. The van der Waals surface area contributed by atoms with Crippen LogP contribution in [0.3, 0.4) is 0 Å². The third-order valence-electron chi connectivity index (χ3n) is 3.58. The van der Waals surface area contributed by atoms with E-state index in [1.165, 1.54) is 13.5 Å². The molecular weight excluding hydrogens is 284 g/mol. The molecule has 1 aliphatic rings. The van der Waals surface area contributed by atoms with E-state index < -0.39 is 23.8 Å². The van der Waals surface area contributed by atoms with Crippen molar-refractivity contribution in [2.45, 2.75) is 71.5 Å². The van der Waals surface area contributed by atoms with Crippen molar-refractivity contribution in [2.24, 2.45) is 5.92 Å². The summed E-state index contributed by atoms with van der Waals surface area (Å²) in [4.78, 5) is 23.7. The van der Waals surface area contributed by atoms with Crippen LogP contribution >= 0.6 is 0 Å². The maximum Gasteiger partial charge on any atom is 0.508 e. The van der Waals surface area contributed by atoms with Crippen molar-refractivity contribution in [1.29, 1.82) is 0 Å². The molecule has 0 saturated heterocycles. The van der Waals surface area contributed by atoms with Crippen molar-refractivity contribution >= 4 is 12.1 Å². The maximum atomic E-state index is 12.4. The Morgan fingerprint density at radius 1 is 1.14 bits per heavy atom. The highest BCUT2D eigenvalue weighted by Crippen LogP contribution is 2.27. The van der Waals surface area contributed by atoms with Gasteiger partial charge < -0.3 is 14.2 Å². The molecule has 126 valence electrons. The van der Waals surface area contributed by atoms with E-state index in [-0.39, 0.29) is 0 Å². The van der Waals surface area contributed by atoms with Crippen LogP contribution in [-0.4, -0.2) is 30.9 Å². The fourth-order valence-electron chi connectivity index (χ4n) is 2.52. The highest BCUT2D eigenvalue weighted by Gasteiger charge is 2.27. The highest BCUT2D eigenvalue weighted by atomic mass is 16.7. The molecule has 1 rings (SSSR count). The van der Waals surface area contributed by atoms with Crippen molar-refractivity contribution in [3.05, 3.63) is 11.6 Å². The number of rotatable bonds is 4. The van der Waals surface area contributed by atoms with Crippen LogP contribution in [-0.2, 0) is 19.0 Å². The quantitative estimate of drug-likeness (QED) is 0.580. The second kappa shape index (κ2) is 8.20. The summed E-state index contributed by atoms with van der Waals surface area (Å²) < 4.78 is 15.0. The zero-order chi connectivity index (χ0) is 16.8. The van der Waals surface area contributed by atoms with Crippen molar-refractivity contribution in [1.82, 2.24) is 0 Å². The van der Waals surface area contributed by atoms with E-state index in [0.29, 0.717) is 11.5 Å². The van der Waals surface area contributed by atoms with Gasteiger partial charge in [-0.15, -0.1) is 0 Å². The topological polar surface area (TPSA) is 61.8 Å². The SMILES string of the molecule is COC(=O)O[C@H](C)/C(=C\C1CCCCC1)C(=O)OC(C)(C)C. The average molecular weight is 312 g/mol. The summed E-state index contributed by atoms with van der Waals surface area (Å²) in [6.45, 7) is 7.11. The minimum atomic E-state index is -0.800. The molecule has 22 heavy (non-hydrogen) atoms. The van der Waals surface area contributed by atoms with Crippen LogP contribution in [0.1, 0.15) is 59.8 Å². The highest BCUT2D eigenvalue weighted by molar-refractivity contribution is 5.90. The minimum Gasteiger partial charge on any atom is -0.457 e. The van der Waals surface area contributed by atoms with Crippen LogP contribution in [0.15, 0.2) is 11.6 Å². The maximum absolute atomic E-state index is 12.4. The smallest absolute Gasteiger partial charge is 0.457 e. The molecule has 0 aliphatic heterocycles. The molecule has 5 nitrogen and oxygen atoms in total. The Hall–Kier alpha value is -1.52. The fourth-order valence-corrected chi connectivity index (χ4v) is 2.52. The number of ether oxygens (including phenoxy) is 3. The van der Waals surface area contributed by atoms with Crippen LogP contribution in [0.5, 0.6) is 0 Å². The van der Waals surface area contributed by atoms with Crippen LogP contribution in [0, 0.1) is 5.92 Å². The molecule has 1 atom stereocenters. The van der Waals surface area contributed by atoms with Crippen LogP contribution in [0.25, 0.3) is 0 Å². The fraction of sp³-hybridized carbons (Fsp3) is 0.765. The van der Waals surface area contributed by atoms with Crippen molar-refractivity contribution in [3.8, 4) is 0 Å². The lowest BCUT2D eigenvalue weighted by molar-refractivity contribution is -0.151. The number of methoxy groups -OCH3 is 1. The molecule has 0 aromatic carbocycles. The number of carbonyl (C=O) groups excluding carboxylic acids is 2. The standard InChI is InChI=1S/C17H28O5/c1-12(21-16(19)20-5)14(15(18)22-17(2,3)4)11-13-9-7-6-8-10-13/h11-13H,6-10H2,1-5H3/b14-11+/t12-/m1/s1. The van der Waals surface area contributed by atoms with Gasteiger partial charge in [-0.05, 0) is 46.5 Å². The van der Waals surface area contributed by atoms with Gasteiger partial charge in [-0.3, -0.25) is 0 Å². The van der Waals surface area contributed by atoms with Gasteiger partial charge in [-0.2, -0.15) is 0 Å². The minimum absolute atomic E-state index is 0.333. The van der Waals surface area contributed by atoms with E-state index in [2.05, 4.69) is 4.74 Å². The number of allylic oxidation sites excluding steroid dienone is 1. The molecule has 0 spiro atoms. The molecule has 0 N–H and O–H groups in total. The zero-order valence-corrected chi connectivity index (χ0v) is 14.3. The van der Waals surface area contributed by atoms with Gasteiger partial charge in [0.15, 0.2) is 0 Å². The first-order chi connectivity index (χ1) is 10.2. The number of carbonyl (C=O) groups is 2. The molecule has 0 aromatic rings. The van der Waals surface area contributed by atoms with Crippen molar-refractivity contribution < 1.29 is 23.8 Å². The van der Waals surface area contributed by atoms with E-state index >= 15 is 0 Å². The molecule has 0 unspecified atom stereocenters. The summed E-state index contributed by atoms with van der Waals surface area (Å²) in [6.07, 6.45) is 6.09. The third-order valence-corrected chi connectivity index (χ3v) is 3.58. The summed E-state index contributed by atoms with van der Waals surface area (Å²) in [5.41, 5.74) is -0.194. The van der Waals surface area contributed by atoms with Gasteiger partial charge in [0.25, 0.3) is 0 Å². The Bertz CT molecular complexity index is 413. The summed E-state index contributed by atoms with van der Waals surface area (Å²) in [5.74, 6) is -0.102. The van der Waals surface area contributed by atoms with Crippen molar-refractivity contribution in [2.75, 3.05) is 7.11 Å². The second-order valence-corrected chi connectivity index (χ2v) is 6.74. The molecule has 0 radical (unpaired) electrons. The van der Waals surface area contributed by atoms with E-state index in [1.807, 2.05) is 26.8 Å². The molecule has 0 amide bonds. The summed E-state index contributed by atoms with van der Waals surface area (Å²) in [6, 6.07) is 0. The monoisotopic (exact) mass is 312 g/mol. The van der Waals surface area contributed by atoms with E-state index in [4.69, 9.17) is 9.47 Å². The predicted octanol–water partition coefficient (Wildman–Crippen LogP) is 4.01. The predicted molar refractivity (Wildman–Crippen MR) is 83.5 cm³/mol. The van der Waals surface area contributed by atoms with Gasteiger partial charge in [-0.1, -0.05) is 25.3 Å².